The highest BCUT2D eigenvalue weighted by Crippen LogP contribution is 2.20. The van der Waals surface area contributed by atoms with Crippen molar-refractivity contribution in [3.05, 3.63) is 29.3 Å². The van der Waals surface area contributed by atoms with Crippen LogP contribution in [0.15, 0.2) is 29.2 Å². The van der Waals surface area contributed by atoms with Gasteiger partial charge in [0, 0.05) is 16.8 Å². The van der Waals surface area contributed by atoms with Gasteiger partial charge in [-0.05, 0) is 24.3 Å². The summed E-state index contributed by atoms with van der Waals surface area (Å²) >= 11 is 6.69. The van der Waals surface area contributed by atoms with Gasteiger partial charge in [0.2, 0.25) is 0 Å². The second-order valence-corrected chi connectivity index (χ2v) is 3.35. The van der Waals surface area contributed by atoms with Crippen LogP contribution in [-0.4, -0.2) is 5.97 Å². The molecule has 64 valence electrons. The molecule has 0 aliphatic carbocycles. The van der Waals surface area contributed by atoms with E-state index < -0.39 is 0 Å². The molecule has 12 heavy (non-hydrogen) atoms. The topological polar surface area (TPSA) is 26.3 Å². The van der Waals surface area contributed by atoms with Crippen LogP contribution in [0.5, 0.6) is 0 Å². The van der Waals surface area contributed by atoms with Gasteiger partial charge in [-0.1, -0.05) is 11.6 Å². The van der Waals surface area contributed by atoms with Crippen LogP contribution in [-0.2, 0) is 8.98 Å². The van der Waals surface area contributed by atoms with Gasteiger partial charge in [0.25, 0.3) is 0 Å². The minimum Gasteiger partial charge on any atom is -0.386 e. The van der Waals surface area contributed by atoms with E-state index in [9.17, 15) is 4.79 Å². The Balaban J connectivity index is 2.53. The number of carbonyl (C=O) groups is 1. The minimum absolute atomic E-state index is 0.310. The second-order valence-electron chi connectivity index (χ2n) is 2.11. The first-order valence-corrected chi connectivity index (χ1v) is 4.41. The van der Waals surface area contributed by atoms with Crippen LogP contribution in [0.1, 0.15) is 6.92 Å². The predicted octanol–water partition coefficient (Wildman–Crippen LogP) is 2.91. The molecule has 1 rings (SSSR count). The van der Waals surface area contributed by atoms with Gasteiger partial charge in [0.15, 0.2) is 0 Å². The third-order valence-electron chi connectivity index (χ3n) is 1.07. The van der Waals surface area contributed by atoms with E-state index in [-0.39, 0.29) is 5.97 Å². The SMILES string of the molecule is CC(=O)OSc1ccc(Cl)cc1. The van der Waals surface area contributed by atoms with E-state index in [0.717, 1.165) is 16.9 Å². The lowest BCUT2D eigenvalue weighted by atomic mass is 10.4. The van der Waals surface area contributed by atoms with Gasteiger partial charge in [-0.25, -0.2) is 0 Å². The maximum absolute atomic E-state index is 10.4. The van der Waals surface area contributed by atoms with Gasteiger partial charge in [0.05, 0.1) is 12.0 Å². The molecule has 0 atom stereocenters. The van der Waals surface area contributed by atoms with E-state index in [2.05, 4.69) is 0 Å². The first-order chi connectivity index (χ1) is 5.68. The van der Waals surface area contributed by atoms with Gasteiger partial charge in [-0.3, -0.25) is 4.79 Å². The average molecular weight is 203 g/mol. The summed E-state index contributed by atoms with van der Waals surface area (Å²) in [4.78, 5) is 11.3. The summed E-state index contributed by atoms with van der Waals surface area (Å²) in [7, 11) is 0. The number of rotatable bonds is 2. The summed E-state index contributed by atoms with van der Waals surface area (Å²) in [6.07, 6.45) is 0. The van der Waals surface area contributed by atoms with Crippen molar-refractivity contribution in [3.63, 3.8) is 0 Å². The molecule has 0 saturated carbocycles. The summed E-state index contributed by atoms with van der Waals surface area (Å²) < 4.78 is 4.70. The highest BCUT2D eigenvalue weighted by Gasteiger charge is 1.97. The molecule has 0 radical (unpaired) electrons. The maximum Gasteiger partial charge on any atom is 0.315 e. The molecule has 0 saturated heterocycles. The summed E-state index contributed by atoms with van der Waals surface area (Å²) in [6, 6.07) is 7.06. The largest absolute Gasteiger partial charge is 0.386 e. The summed E-state index contributed by atoms with van der Waals surface area (Å²) in [5, 5.41) is 0.669. The predicted molar refractivity (Wildman–Crippen MR) is 49.1 cm³/mol. The zero-order chi connectivity index (χ0) is 8.97. The van der Waals surface area contributed by atoms with Gasteiger partial charge >= 0.3 is 5.97 Å². The van der Waals surface area contributed by atoms with Gasteiger partial charge in [-0.2, -0.15) is 0 Å². The van der Waals surface area contributed by atoms with E-state index in [1.807, 2.05) is 0 Å². The van der Waals surface area contributed by atoms with Gasteiger partial charge < -0.3 is 4.18 Å². The molecule has 1 aromatic carbocycles. The maximum atomic E-state index is 10.4. The van der Waals surface area contributed by atoms with Crippen molar-refractivity contribution in [1.82, 2.24) is 0 Å². The van der Waals surface area contributed by atoms with Crippen molar-refractivity contribution in [3.8, 4) is 0 Å². The van der Waals surface area contributed by atoms with Crippen LogP contribution in [0.4, 0.5) is 0 Å². The number of benzene rings is 1. The smallest absolute Gasteiger partial charge is 0.315 e. The Kier molecular flexibility index (Phi) is 3.44. The highest BCUT2D eigenvalue weighted by molar-refractivity contribution is 7.95. The Hall–Kier alpha value is -0.670. The number of halogens is 1. The lowest BCUT2D eigenvalue weighted by Crippen LogP contribution is -1.88. The second kappa shape index (κ2) is 4.38. The molecule has 0 aliphatic heterocycles. The Morgan fingerprint density at radius 3 is 2.50 bits per heavy atom. The third kappa shape index (κ3) is 3.15. The monoisotopic (exact) mass is 202 g/mol. The van der Waals surface area contributed by atoms with Crippen molar-refractivity contribution >= 4 is 29.6 Å². The minimum atomic E-state index is -0.310. The fourth-order valence-corrected chi connectivity index (χ4v) is 1.18. The number of carbonyl (C=O) groups excluding carboxylic acids is 1. The Morgan fingerprint density at radius 2 is 2.00 bits per heavy atom. The summed E-state index contributed by atoms with van der Waals surface area (Å²) in [5.41, 5.74) is 0. The van der Waals surface area contributed by atoms with Gasteiger partial charge in [-0.15, -0.1) is 0 Å². The molecule has 4 heteroatoms. The van der Waals surface area contributed by atoms with Crippen molar-refractivity contribution in [1.29, 1.82) is 0 Å². The molecular weight excluding hydrogens is 196 g/mol. The molecule has 0 N–H and O–H groups in total. The van der Waals surface area contributed by atoms with E-state index in [1.54, 1.807) is 24.3 Å². The lowest BCUT2D eigenvalue weighted by molar-refractivity contribution is -0.130. The van der Waals surface area contributed by atoms with Crippen LogP contribution in [0.3, 0.4) is 0 Å². The van der Waals surface area contributed by atoms with Crippen LogP contribution >= 0.6 is 23.6 Å². The fraction of sp³-hybridized carbons (Fsp3) is 0.125. The quantitative estimate of drug-likeness (QED) is 0.690. The Bertz CT molecular complexity index is 271. The van der Waals surface area contributed by atoms with E-state index in [4.69, 9.17) is 15.8 Å². The van der Waals surface area contributed by atoms with Crippen molar-refractivity contribution in [2.45, 2.75) is 11.8 Å². The fourth-order valence-electron chi connectivity index (χ4n) is 0.597. The number of hydrogen-bond donors (Lipinski definition) is 0. The molecule has 0 heterocycles. The molecule has 0 unspecified atom stereocenters. The zero-order valence-electron chi connectivity index (χ0n) is 6.41. The van der Waals surface area contributed by atoms with Crippen LogP contribution < -0.4 is 0 Å². The average Bonchev–Trinajstić information content (AvgIpc) is 2.03. The molecule has 1 aromatic rings. The van der Waals surface area contributed by atoms with Crippen molar-refractivity contribution < 1.29 is 8.98 Å². The molecular formula is C8H7ClO2S. The summed E-state index contributed by atoms with van der Waals surface area (Å²) in [5.74, 6) is -0.310. The Morgan fingerprint density at radius 1 is 1.42 bits per heavy atom. The number of hydrogen-bond acceptors (Lipinski definition) is 3. The van der Waals surface area contributed by atoms with Crippen LogP contribution in [0, 0.1) is 0 Å². The molecule has 2 nitrogen and oxygen atoms in total. The first kappa shape index (κ1) is 9.42. The van der Waals surface area contributed by atoms with E-state index >= 15 is 0 Å². The normalized spacial score (nSPS) is 9.50. The summed E-state index contributed by atoms with van der Waals surface area (Å²) in [6.45, 7) is 1.36. The molecule has 0 fully saturated rings. The standard InChI is InChI=1S/C8H7ClO2S/c1-6(10)11-12-8-4-2-7(9)3-5-8/h2-5H,1H3. The van der Waals surface area contributed by atoms with E-state index in [1.165, 1.54) is 6.92 Å². The zero-order valence-corrected chi connectivity index (χ0v) is 7.98. The third-order valence-corrected chi connectivity index (χ3v) is 2.10. The molecule has 0 bridgehead atoms. The van der Waals surface area contributed by atoms with Crippen LogP contribution in [0.2, 0.25) is 5.02 Å². The van der Waals surface area contributed by atoms with Crippen molar-refractivity contribution in [2.24, 2.45) is 0 Å². The van der Waals surface area contributed by atoms with E-state index in [0.29, 0.717) is 5.02 Å². The molecule has 0 aliphatic rings. The Labute approximate surface area is 80.1 Å². The highest BCUT2D eigenvalue weighted by atomic mass is 35.5. The van der Waals surface area contributed by atoms with Crippen molar-refractivity contribution in [2.75, 3.05) is 0 Å². The molecule has 0 amide bonds. The lowest BCUT2D eigenvalue weighted by Gasteiger charge is -1.98. The van der Waals surface area contributed by atoms with Gasteiger partial charge in [0.1, 0.15) is 0 Å². The molecule has 0 aromatic heterocycles. The molecule has 0 spiro atoms. The van der Waals surface area contributed by atoms with Crippen LogP contribution in [0.25, 0.3) is 0 Å². The first-order valence-electron chi connectivity index (χ1n) is 3.29.